The van der Waals surface area contributed by atoms with Crippen LogP contribution in [-0.4, -0.2) is 31.1 Å². The number of nitrogens with one attached hydrogen (secondary N) is 1. The summed E-state index contributed by atoms with van der Waals surface area (Å²) in [7, 11) is 2.21. The van der Waals surface area contributed by atoms with Crippen molar-refractivity contribution in [3.63, 3.8) is 0 Å². The number of nitrogens with zero attached hydrogens (tertiary/aromatic N) is 1. The van der Waals surface area contributed by atoms with E-state index in [2.05, 4.69) is 76.1 Å². The van der Waals surface area contributed by atoms with Crippen molar-refractivity contribution in [2.45, 2.75) is 59.0 Å². The Kier molecular flexibility index (Phi) is 7.25. The van der Waals surface area contributed by atoms with Gasteiger partial charge in [0.05, 0.1) is 0 Å². The molecule has 0 aliphatic rings. The van der Waals surface area contributed by atoms with Gasteiger partial charge < -0.3 is 10.2 Å². The van der Waals surface area contributed by atoms with E-state index in [9.17, 15) is 0 Å². The van der Waals surface area contributed by atoms with Crippen LogP contribution in [0.1, 0.15) is 64.1 Å². The summed E-state index contributed by atoms with van der Waals surface area (Å²) >= 11 is 0. The molecule has 1 N–H and O–H groups in total. The molecule has 0 aromatic heterocycles. The molecule has 20 heavy (non-hydrogen) atoms. The Bertz CT molecular complexity index is 370. The van der Waals surface area contributed by atoms with Crippen LogP contribution in [0.3, 0.4) is 0 Å². The molecule has 0 heterocycles. The van der Waals surface area contributed by atoms with E-state index < -0.39 is 0 Å². The fraction of sp³-hybridized carbons (Fsp3) is 0.667. The molecule has 2 heteroatoms. The van der Waals surface area contributed by atoms with Gasteiger partial charge in [0.25, 0.3) is 0 Å². The first-order chi connectivity index (χ1) is 9.45. The van der Waals surface area contributed by atoms with Gasteiger partial charge in [0.2, 0.25) is 0 Å². The smallest absolute Gasteiger partial charge is 0.0292 e. The van der Waals surface area contributed by atoms with E-state index in [1.165, 1.54) is 17.5 Å². The van der Waals surface area contributed by atoms with Crippen LogP contribution in [0.25, 0.3) is 0 Å². The van der Waals surface area contributed by atoms with Gasteiger partial charge in [-0.3, -0.25) is 0 Å². The highest BCUT2D eigenvalue weighted by atomic mass is 15.1. The zero-order chi connectivity index (χ0) is 15.1. The second kappa shape index (κ2) is 8.43. The molecular weight excluding hydrogens is 244 g/mol. The predicted octanol–water partition coefficient (Wildman–Crippen LogP) is 4.19. The van der Waals surface area contributed by atoms with Crippen molar-refractivity contribution in [3.05, 3.63) is 35.4 Å². The number of hydrogen-bond donors (Lipinski definition) is 1. The first kappa shape index (κ1) is 17.2. The normalized spacial score (nSPS) is 14.8. The molecule has 0 aliphatic carbocycles. The molecule has 0 saturated carbocycles. The van der Waals surface area contributed by atoms with Crippen molar-refractivity contribution in [1.29, 1.82) is 0 Å². The lowest BCUT2D eigenvalue weighted by molar-refractivity contribution is 0.249. The standard InChI is InChI=1S/C18H32N2/c1-7-15(4)20(6)13-12-19-16(5)18-10-8-17(9-11-18)14(2)3/h8-11,14-16,19H,7,12-13H2,1-6H3. The van der Waals surface area contributed by atoms with Gasteiger partial charge in [-0.1, -0.05) is 45.0 Å². The highest BCUT2D eigenvalue weighted by Crippen LogP contribution is 2.18. The molecule has 2 unspecified atom stereocenters. The van der Waals surface area contributed by atoms with Crippen LogP contribution in [0.5, 0.6) is 0 Å². The van der Waals surface area contributed by atoms with E-state index in [0.717, 1.165) is 13.1 Å². The van der Waals surface area contributed by atoms with Gasteiger partial charge in [0.15, 0.2) is 0 Å². The summed E-state index contributed by atoms with van der Waals surface area (Å²) in [5.74, 6) is 0.608. The first-order valence-corrected chi connectivity index (χ1v) is 7.99. The van der Waals surface area contributed by atoms with E-state index in [-0.39, 0.29) is 0 Å². The van der Waals surface area contributed by atoms with Crippen molar-refractivity contribution in [1.82, 2.24) is 10.2 Å². The molecule has 0 fully saturated rings. The van der Waals surface area contributed by atoms with Crippen molar-refractivity contribution in [2.24, 2.45) is 0 Å². The third-order valence-electron chi connectivity index (χ3n) is 4.36. The molecule has 0 aliphatic heterocycles. The maximum absolute atomic E-state index is 3.62. The largest absolute Gasteiger partial charge is 0.309 e. The Labute approximate surface area is 125 Å². The van der Waals surface area contributed by atoms with E-state index >= 15 is 0 Å². The Morgan fingerprint density at radius 1 is 1.00 bits per heavy atom. The Balaban J connectivity index is 2.41. The molecule has 2 nitrogen and oxygen atoms in total. The van der Waals surface area contributed by atoms with Gasteiger partial charge >= 0.3 is 0 Å². The summed E-state index contributed by atoms with van der Waals surface area (Å²) in [6, 6.07) is 10.1. The lowest BCUT2D eigenvalue weighted by Crippen LogP contribution is -2.35. The quantitative estimate of drug-likeness (QED) is 0.766. The summed E-state index contributed by atoms with van der Waals surface area (Å²) in [4.78, 5) is 2.42. The van der Waals surface area contributed by atoms with Crippen LogP contribution in [0.15, 0.2) is 24.3 Å². The molecule has 114 valence electrons. The monoisotopic (exact) mass is 276 g/mol. The topological polar surface area (TPSA) is 15.3 Å². The average Bonchev–Trinajstić information content (AvgIpc) is 2.46. The van der Waals surface area contributed by atoms with Gasteiger partial charge in [-0.05, 0) is 44.4 Å². The van der Waals surface area contributed by atoms with Crippen molar-refractivity contribution >= 4 is 0 Å². The minimum atomic E-state index is 0.418. The number of hydrogen-bond acceptors (Lipinski definition) is 2. The van der Waals surface area contributed by atoms with Gasteiger partial charge in [0.1, 0.15) is 0 Å². The molecule has 0 radical (unpaired) electrons. The average molecular weight is 276 g/mol. The van der Waals surface area contributed by atoms with Crippen LogP contribution in [-0.2, 0) is 0 Å². The summed E-state index contributed by atoms with van der Waals surface area (Å²) in [5.41, 5.74) is 2.79. The van der Waals surface area contributed by atoms with E-state index in [4.69, 9.17) is 0 Å². The van der Waals surface area contributed by atoms with Crippen LogP contribution in [0.2, 0.25) is 0 Å². The first-order valence-electron chi connectivity index (χ1n) is 7.99. The lowest BCUT2D eigenvalue weighted by atomic mass is 9.99. The van der Waals surface area contributed by atoms with Gasteiger partial charge in [0, 0.05) is 25.2 Å². The molecule has 1 aromatic carbocycles. The Hall–Kier alpha value is -0.860. The van der Waals surface area contributed by atoms with Gasteiger partial charge in [-0.2, -0.15) is 0 Å². The SMILES string of the molecule is CCC(C)N(C)CCNC(C)c1ccc(C(C)C)cc1. The molecule has 0 amide bonds. The number of rotatable bonds is 8. The van der Waals surface area contributed by atoms with Crippen LogP contribution in [0.4, 0.5) is 0 Å². The summed E-state index contributed by atoms with van der Waals surface area (Å²) in [6.07, 6.45) is 1.21. The maximum Gasteiger partial charge on any atom is 0.0292 e. The van der Waals surface area contributed by atoms with E-state index in [0.29, 0.717) is 18.0 Å². The highest BCUT2D eigenvalue weighted by Gasteiger charge is 2.08. The molecule has 2 atom stereocenters. The molecule has 0 spiro atoms. The molecule has 1 aromatic rings. The Morgan fingerprint density at radius 2 is 1.55 bits per heavy atom. The summed E-state index contributed by atoms with van der Waals surface area (Å²) in [6.45, 7) is 13.4. The Morgan fingerprint density at radius 3 is 2.05 bits per heavy atom. The summed E-state index contributed by atoms with van der Waals surface area (Å²) < 4.78 is 0. The molecule has 1 rings (SSSR count). The molecular formula is C18H32N2. The maximum atomic E-state index is 3.62. The van der Waals surface area contributed by atoms with Crippen LogP contribution in [0, 0.1) is 0 Å². The van der Waals surface area contributed by atoms with Crippen LogP contribution < -0.4 is 5.32 Å². The fourth-order valence-electron chi connectivity index (χ4n) is 2.28. The second-order valence-electron chi connectivity index (χ2n) is 6.24. The third kappa shape index (κ3) is 5.26. The third-order valence-corrected chi connectivity index (χ3v) is 4.36. The van der Waals surface area contributed by atoms with E-state index in [1.54, 1.807) is 0 Å². The minimum Gasteiger partial charge on any atom is -0.309 e. The van der Waals surface area contributed by atoms with Crippen molar-refractivity contribution in [2.75, 3.05) is 20.1 Å². The van der Waals surface area contributed by atoms with Gasteiger partial charge in [-0.25, -0.2) is 0 Å². The predicted molar refractivity (Wildman–Crippen MR) is 89.3 cm³/mol. The minimum absolute atomic E-state index is 0.418. The van der Waals surface area contributed by atoms with Gasteiger partial charge in [-0.15, -0.1) is 0 Å². The fourth-order valence-corrected chi connectivity index (χ4v) is 2.28. The van der Waals surface area contributed by atoms with E-state index in [1.807, 2.05) is 0 Å². The molecule has 0 bridgehead atoms. The van der Waals surface area contributed by atoms with Crippen LogP contribution >= 0.6 is 0 Å². The highest BCUT2D eigenvalue weighted by molar-refractivity contribution is 5.26. The zero-order valence-electron chi connectivity index (χ0n) is 14.1. The van der Waals surface area contributed by atoms with Crippen molar-refractivity contribution in [3.8, 4) is 0 Å². The number of benzene rings is 1. The van der Waals surface area contributed by atoms with Crippen molar-refractivity contribution < 1.29 is 0 Å². The second-order valence-corrected chi connectivity index (χ2v) is 6.24. The lowest BCUT2D eigenvalue weighted by Gasteiger charge is -2.24. The molecule has 0 saturated heterocycles. The zero-order valence-corrected chi connectivity index (χ0v) is 14.1. The number of likely N-dealkylation sites (N-methyl/N-ethyl adjacent to an activating group) is 1. The summed E-state index contributed by atoms with van der Waals surface area (Å²) in [5, 5.41) is 3.62.